The molecule has 1 saturated heterocycles. The van der Waals surface area contributed by atoms with Crippen molar-refractivity contribution in [2.45, 2.75) is 38.1 Å². The molecular weight excluding hydrogens is 492 g/mol. The van der Waals surface area contributed by atoms with Gasteiger partial charge in [0.15, 0.2) is 6.61 Å². The van der Waals surface area contributed by atoms with Gasteiger partial charge in [-0.25, -0.2) is 4.79 Å². The molecule has 7 nitrogen and oxygen atoms in total. The van der Waals surface area contributed by atoms with Gasteiger partial charge in [-0.1, -0.05) is 80.6 Å². The van der Waals surface area contributed by atoms with Crippen molar-refractivity contribution in [3.05, 3.63) is 101 Å². The lowest BCUT2D eigenvalue weighted by molar-refractivity contribution is -0.160. The Morgan fingerprint density at radius 2 is 1.23 bits per heavy atom. The van der Waals surface area contributed by atoms with Crippen molar-refractivity contribution in [3.8, 4) is 0 Å². The number of nitrogens with one attached hydrogen (secondary N) is 1. The van der Waals surface area contributed by atoms with Crippen LogP contribution in [-0.2, 0) is 23.9 Å². The Morgan fingerprint density at radius 1 is 0.769 bits per heavy atom. The van der Waals surface area contributed by atoms with Crippen molar-refractivity contribution in [1.29, 1.82) is 0 Å². The second-order valence-corrected chi connectivity index (χ2v) is 11.0. The smallest absolute Gasteiger partial charge is 0.329 e. The van der Waals surface area contributed by atoms with Crippen LogP contribution in [0.5, 0.6) is 0 Å². The maximum atomic E-state index is 14.1. The Balaban J connectivity index is 1.29. The van der Waals surface area contributed by atoms with Crippen LogP contribution >= 0.6 is 0 Å². The molecule has 3 aromatic carbocycles. The number of hydrogen-bond donors (Lipinski definition) is 1. The molecule has 1 fully saturated rings. The molecule has 2 bridgehead atoms. The lowest BCUT2D eigenvalue weighted by Gasteiger charge is -2.45. The summed E-state index contributed by atoms with van der Waals surface area (Å²) in [5.41, 5.74) is 4.88. The molecule has 0 spiro atoms. The SMILES string of the molecule is CC(C)C[C@H](C(=O)OCC(=O)Nc1ccccc1)N1C(=O)[C@@H]2C3c4ccccc4C(c4ccccc43)[C@@H]2C1=O. The molecule has 0 saturated carbocycles. The number of hydrogen-bond acceptors (Lipinski definition) is 5. The van der Waals surface area contributed by atoms with Crippen molar-refractivity contribution in [2.75, 3.05) is 11.9 Å². The van der Waals surface area contributed by atoms with E-state index in [0.29, 0.717) is 5.69 Å². The first kappa shape index (κ1) is 25.0. The molecule has 198 valence electrons. The van der Waals surface area contributed by atoms with Gasteiger partial charge in [0, 0.05) is 17.5 Å². The predicted octanol–water partition coefficient (Wildman–Crippen LogP) is 4.48. The quantitative estimate of drug-likeness (QED) is 0.365. The van der Waals surface area contributed by atoms with Crippen LogP contribution in [-0.4, -0.2) is 41.2 Å². The van der Waals surface area contributed by atoms with Crippen LogP contribution < -0.4 is 5.32 Å². The molecule has 7 heteroatoms. The average Bonchev–Trinajstić information content (AvgIpc) is 3.21. The monoisotopic (exact) mass is 522 g/mol. The minimum atomic E-state index is -1.09. The van der Waals surface area contributed by atoms with Gasteiger partial charge in [0.2, 0.25) is 11.8 Å². The molecule has 3 aliphatic carbocycles. The second-order valence-electron chi connectivity index (χ2n) is 11.0. The Labute approximate surface area is 227 Å². The summed E-state index contributed by atoms with van der Waals surface area (Å²) in [7, 11) is 0. The fraction of sp³-hybridized carbons (Fsp3) is 0.312. The normalized spacial score (nSPS) is 23.2. The minimum Gasteiger partial charge on any atom is -0.454 e. The van der Waals surface area contributed by atoms with Crippen molar-refractivity contribution in [1.82, 2.24) is 4.90 Å². The number of carbonyl (C=O) groups excluding carboxylic acids is 4. The molecule has 1 aliphatic heterocycles. The molecule has 3 atom stereocenters. The number of anilines is 1. The van der Waals surface area contributed by atoms with Crippen LogP contribution in [0.1, 0.15) is 54.4 Å². The van der Waals surface area contributed by atoms with E-state index in [1.165, 1.54) is 0 Å². The molecule has 0 radical (unpaired) electrons. The number of ether oxygens (including phenoxy) is 1. The number of amides is 3. The highest BCUT2D eigenvalue weighted by molar-refractivity contribution is 6.10. The number of benzene rings is 3. The third-order valence-electron chi connectivity index (χ3n) is 8.16. The van der Waals surface area contributed by atoms with E-state index in [-0.39, 0.29) is 36.0 Å². The van der Waals surface area contributed by atoms with Crippen LogP contribution in [0, 0.1) is 17.8 Å². The Hall–Kier alpha value is -4.26. The third-order valence-corrected chi connectivity index (χ3v) is 8.16. The van der Waals surface area contributed by atoms with Gasteiger partial charge in [-0.2, -0.15) is 0 Å². The first-order valence-electron chi connectivity index (χ1n) is 13.4. The fourth-order valence-corrected chi connectivity index (χ4v) is 6.71. The van der Waals surface area contributed by atoms with E-state index >= 15 is 0 Å². The van der Waals surface area contributed by atoms with Crippen molar-refractivity contribution in [2.24, 2.45) is 17.8 Å². The van der Waals surface area contributed by atoms with E-state index in [4.69, 9.17) is 4.74 Å². The van der Waals surface area contributed by atoms with Gasteiger partial charge >= 0.3 is 5.97 Å². The van der Waals surface area contributed by atoms with Gasteiger partial charge in [0.25, 0.3) is 5.91 Å². The number of imide groups is 1. The number of rotatable bonds is 7. The van der Waals surface area contributed by atoms with Crippen molar-refractivity contribution in [3.63, 3.8) is 0 Å². The van der Waals surface area contributed by atoms with Gasteiger partial charge < -0.3 is 10.1 Å². The van der Waals surface area contributed by atoms with Gasteiger partial charge in [0.1, 0.15) is 6.04 Å². The lowest BCUT2D eigenvalue weighted by atomic mass is 9.55. The minimum absolute atomic E-state index is 0.00930. The van der Waals surface area contributed by atoms with Gasteiger partial charge in [-0.15, -0.1) is 0 Å². The lowest BCUT2D eigenvalue weighted by Crippen LogP contribution is -2.47. The molecule has 0 aromatic heterocycles. The fourth-order valence-electron chi connectivity index (χ4n) is 6.71. The van der Waals surface area contributed by atoms with Gasteiger partial charge in [0.05, 0.1) is 11.8 Å². The summed E-state index contributed by atoms with van der Waals surface area (Å²) in [4.78, 5) is 55.1. The number of nitrogens with zero attached hydrogens (tertiary/aromatic N) is 1. The van der Waals surface area contributed by atoms with E-state index in [1.807, 2.05) is 68.4 Å². The zero-order valence-corrected chi connectivity index (χ0v) is 21.9. The molecule has 39 heavy (non-hydrogen) atoms. The van der Waals surface area contributed by atoms with E-state index in [2.05, 4.69) is 5.32 Å². The van der Waals surface area contributed by atoms with Crippen LogP contribution in [0.4, 0.5) is 5.69 Å². The van der Waals surface area contributed by atoms with E-state index in [9.17, 15) is 19.2 Å². The van der Waals surface area contributed by atoms with Gasteiger partial charge in [-0.05, 0) is 46.7 Å². The molecule has 0 unspecified atom stereocenters. The summed E-state index contributed by atoms with van der Waals surface area (Å²) in [5.74, 6) is -3.53. The Bertz CT molecular complexity index is 1350. The number of para-hydroxylation sites is 1. The van der Waals surface area contributed by atoms with Crippen LogP contribution in [0.3, 0.4) is 0 Å². The van der Waals surface area contributed by atoms with Gasteiger partial charge in [-0.3, -0.25) is 19.3 Å². The summed E-state index contributed by atoms with van der Waals surface area (Å²) in [6.45, 7) is 3.35. The largest absolute Gasteiger partial charge is 0.454 e. The van der Waals surface area contributed by atoms with Crippen LogP contribution in [0.15, 0.2) is 78.9 Å². The first-order chi connectivity index (χ1) is 18.9. The second kappa shape index (κ2) is 9.80. The first-order valence-corrected chi connectivity index (χ1v) is 13.4. The third kappa shape index (κ3) is 4.13. The number of carbonyl (C=O) groups is 4. The Morgan fingerprint density at radius 3 is 1.69 bits per heavy atom. The molecule has 3 amide bonds. The zero-order valence-electron chi connectivity index (χ0n) is 21.9. The summed E-state index contributed by atoms with van der Waals surface area (Å²) in [5, 5.41) is 2.68. The highest BCUT2D eigenvalue weighted by atomic mass is 16.5. The topological polar surface area (TPSA) is 92.8 Å². The maximum absolute atomic E-state index is 14.1. The zero-order chi connectivity index (χ0) is 27.3. The summed E-state index contributed by atoms with van der Waals surface area (Å²) < 4.78 is 5.40. The molecule has 3 aromatic rings. The average molecular weight is 523 g/mol. The molecular formula is C32H30N2O5. The number of likely N-dealkylation sites (tertiary alicyclic amines) is 1. The molecule has 7 rings (SSSR count). The highest BCUT2D eigenvalue weighted by Crippen LogP contribution is 2.61. The summed E-state index contributed by atoms with van der Waals surface area (Å²) >= 11 is 0. The van der Waals surface area contributed by atoms with Crippen LogP contribution in [0.2, 0.25) is 0 Å². The van der Waals surface area contributed by atoms with E-state index in [0.717, 1.165) is 27.2 Å². The van der Waals surface area contributed by atoms with Crippen molar-refractivity contribution < 1.29 is 23.9 Å². The van der Waals surface area contributed by atoms with Crippen LogP contribution in [0.25, 0.3) is 0 Å². The standard InChI is InChI=1S/C32H30N2O5/c1-18(2)16-24(32(38)39-17-25(35)33-19-10-4-3-5-11-19)34-30(36)28-26-20-12-6-7-13-21(20)27(29(28)31(34)37)23-15-9-8-14-22(23)26/h3-15,18,24,26-29H,16-17H2,1-2H3,(H,33,35)/t24-,26?,27?,28-,29+/m1/s1. The predicted molar refractivity (Wildman–Crippen MR) is 145 cm³/mol. The van der Waals surface area contributed by atoms with E-state index < -0.39 is 36.4 Å². The Kier molecular flexibility index (Phi) is 6.29. The summed E-state index contributed by atoms with van der Waals surface area (Å²) in [6.07, 6.45) is 0.255. The maximum Gasteiger partial charge on any atom is 0.329 e. The molecule has 1 N–H and O–H groups in total. The number of esters is 1. The summed E-state index contributed by atoms with van der Waals surface area (Å²) in [6, 6.07) is 23.8. The van der Waals surface area contributed by atoms with Crippen molar-refractivity contribution >= 4 is 29.4 Å². The molecule has 4 aliphatic rings. The molecule has 1 heterocycles. The van der Waals surface area contributed by atoms with E-state index in [1.54, 1.807) is 24.3 Å². The highest BCUT2D eigenvalue weighted by Gasteiger charge is 2.63.